The number of aryl methyl sites for hydroxylation is 2. The summed E-state index contributed by atoms with van der Waals surface area (Å²) < 4.78 is 0. The van der Waals surface area contributed by atoms with Gasteiger partial charge in [-0.05, 0) is 44.4 Å². The minimum Gasteiger partial charge on any atom is -0.342 e. The first kappa shape index (κ1) is 14.3. The van der Waals surface area contributed by atoms with E-state index in [9.17, 15) is 4.79 Å². The van der Waals surface area contributed by atoms with Crippen molar-refractivity contribution in [3.63, 3.8) is 0 Å². The number of hydrogen-bond acceptors (Lipinski definition) is 3. The number of nitrogens with zero attached hydrogens (tertiary/aromatic N) is 2. The monoisotopic (exact) mass is 303 g/mol. The molecule has 2 aromatic heterocycles. The molecule has 0 aromatic carbocycles. The van der Waals surface area contributed by atoms with Gasteiger partial charge in [0.15, 0.2) is 0 Å². The highest BCUT2D eigenvalue weighted by atomic mass is 32.1. The lowest BCUT2D eigenvalue weighted by molar-refractivity contribution is -0.131. The Hall–Kier alpha value is -1.62. The average molecular weight is 303 g/mol. The number of hydrogen-bond donors (Lipinski definition) is 1. The van der Waals surface area contributed by atoms with Crippen LogP contribution < -0.4 is 0 Å². The quantitative estimate of drug-likeness (QED) is 0.947. The van der Waals surface area contributed by atoms with Gasteiger partial charge < -0.3 is 4.90 Å². The maximum atomic E-state index is 12.5. The number of amides is 1. The van der Waals surface area contributed by atoms with E-state index in [0.717, 1.165) is 30.8 Å². The lowest BCUT2D eigenvalue weighted by Crippen LogP contribution is -2.40. The van der Waals surface area contributed by atoms with Gasteiger partial charge in [0.2, 0.25) is 5.91 Å². The van der Waals surface area contributed by atoms with Gasteiger partial charge in [0, 0.05) is 34.5 Å². The molecule has 1 aliphatic rings. The van der Waals surface area contributed by atoms with Gasteiger partial charge in [-0.15, -0.1) is 11.3 Å². The number of H-pyrrole nitrogens is 1. The predicted molar refractivity (Wildman–Crippen MR) is 84.6 cm³/mol. The molecule has 112 valence electrons. The number of thiophene rings is 1. The summed E-state index contributed by atoms with van der Waals surface area (Å²) in [5.74, 6) is 0.647. The second kappa shape index (κ2) is 6.02. The van der Waals surface area contributed by atoms with Crippen molar-refractivity contribution in [1.29, 1.82) is 0 Å². The highest BCUT2D eigenvalue weighted by Crippen LogP contribution is 2.28. The SMILES string of the molecule is Cc1ccc(CC(=O)N2CCCC(c3[nH]ncc3C)C2)s1. The summed E-state index contributed by atoms with van der Waals surface area (Å²) in [6.45, 7) is 5.85. The minimum absolute atomic E-state index is 0.249. The molecule has 2 aromatic rings. The summed E-state index contributed by atoms with van der Waals surface area (Å²) in [6.07, 6.45) is 4.60. The molecular weight excluding hydrogens is 282 g/mol. The van der Waals surface area contributed by atoms with Gasteiger partial charge >= 0.3 is 0 Å². The van der Waals surface area contributed by atoms with Crippen LogP contribution in [0.15, 0.2) is 18.3 Å². The van der Waals surface area contributed by atoms with Crippen molar-refractivity contribution in [2.75, 3.05) is 13.1 Å². The molecule has 5 heteroatoms. The fourth-order valence-corrected chi connectivity index (χ4v) is 3.93. The molecule has 4 nitrogen and oxygen atoms in total. The Morgan fingerprint density at radius 2 is 2.33 bits per heavy atom. The van der Waals surface area contributed by atoms with Crippen LogP contribution in [0, 0.1) is 13.8 Å². The zero-order valence-corrected chi connectivity index (χ0v) is 13.4. The smallest absolute Gasteiger partial charge is 0.227 e. The summed E-state index contributed by atoms with van der Waals surface area (Å²) in [7, 11) is 0. The van der Waals surface area contributed by atoms with Crippen LogP contribution >= 0.6 is 11.3 Å². The van der Waals surface area contributed by atoms with Crippen molar-refractivity contribution in [2.24, 2.45) is 0 Å². The van der Waals surface area contributed by atoms with Crippen LogP contribution in [0.3, 0.4) is 0 Å². The second-order valence-electron chi connectivity index (χ2n) is 5.83. The summed E-state index contributed by atoms with van der Waals surface area (Å²) in [4.78, 5) is 16.9. The average Bonchev–Trinajstić information content (AvgIpc) is 3.07. The molecule has 0 saturated carbocycles. The molecule has 1 amide bonds. The van der Waals surface area contributed by atoms with E-state index >= 15 is 0 Å². The van der Waals surface area contributed by atoms with Crippen LogP contribution in [0.2, 0.25) is 0 Å². The Balaban J connectivity index is 1.65. The molecule has 0 aliphatic carbocycles. The van der Waals surface area contributed by atoms with Crippen LogP contribution in [0.1, 0.15) is 39.8 Å². The van der Waals surface area contributed by atoms with Gasteiger partial charge in [-0.2, -0.15) is 5.10 Å². The molecule has 1 aliphatic heterocycles. The normalized spacial score (nSPS) is 19.0. The van der Waals surface area contributed by atoms with E-state index < -0.39 is 0 Å². The van der Waals surface area contributed by atoms with Crippen LogP contribution in [0.5, 0.6) is 0 Å². The van der Waals surface area contributed by atoms with Crippen molar-refractivity contribution >= 4 is 17.2 Å². The first-order chi connectivity index (χ1) is 10.1. The Kier molecular flexibility index (Phi) is 4.10. The Labute approximate surface area is 129 Å². The highest BCUT2D eigenvalue weighted by molar-refractivity contribution is 7.12. The van der Waals surface area contributed by atoms with Crippen LogP contribution in [0.4, 0.5) is 0 Å². The molecular formula is C16H21N3OS. The Bertz CT molecular complexity index is 631. The topological polar surface area (TPSA) is 49.0 Å². The van der Waals surface area contributed by atoms with Gasteiger partial charge in [0.25, 0.3) is 0 Å². The lowest BCUT2D eigenvalue weighted by atomic mass is 9.93. The summed E-state index contributed by atoms with van der Waals surface area (Å²) in [5, 5.41) is 7.21. The molecule has 1 unspecified atom stereocenters. The third kappa shape index (κ3) is 3.18. The number of nitrogens with one attached hydrogen (secondary N) is 1. The van der Waals surface area contributed by atoms with E-state index in [1.54, 1.807) is 11.3 Å². The van der Waals surface area contributed by atoms with Gasteiger partial charge in [-0.3, -0.25) is 9.89 Å². The van der Waals surface area contributed by atoms with Crippen molar-refractivity contribution in [3.05, 3.63) is 39.3 Å². The molecule has 3 heterocycles. The van der Waals surface area contributed by atoms with E-state index in [0.29, 0.717) is 12.3 Å². The molecule has 1 saturated heterocycles. The maximum Gasteiger partial charge on any atom is 0.227 e. The fraction of sp³-hybridized carbons (Fsp3) is 0.500. The zero-order valence-electron chi connectivity index (χ0n) is 12.6. The fourth-order valence-electron chi connectivity index (χ4n) is 3.05. The standard InChI is InChI=1S/C16H21N3OS/c1-11-9-17-18-16(11)13-4-3-7-19(10-13)15(20)8-14-6-5-12(2)21-14/h5-6,9,13H,3-4,7-8,10H2,1-2H3,(H,17,18). The number of rotatable bonds is 3. The van der Waals surface area contributed by atoms with E-state index in [1.165, 1.54) is 16.1 Å². The first-order valence-corrected chi connectivity index (χ1v) is 8.28. The van der Waals surface area contributed by atoms with Gasteiger partial charge in [0.1, 0.15) is 0 Å². The van der Waals surface area contributed by atoms with Crippen molar-refractivity contribution in [3.8, 4) is 0 Å². The number of carbonyl (C=O) groups is 1. The number of aromatic nitrogens is 2. The molecule has 1 fully saturated rings. The Morgan fingerprint density at radius 1 is 1.48 bits per heavy atom. The number of carbonyl (C=O) groups excluding carboxylic acids is 1. The van der Waals surface area contributed by atoms with Gasteiger partial charge in [-0.25, -0.2) is 0 Å². The second-order valence-corrected chi connectivity index (χ2v) is 7.21. The number of piperidine rings is 1. The maximum absolute atomic E-state index is 12.5. The van der Waals surface area contributed by atoms with E-state index in [2.05, 4.69) is 36.2 Å². The highest BCUT2D eigenvalue weighted by Gasteiger charge is 2.26. The van der Waals surface area contributed by atoms with Gasteiger partial charge in [0.05, 0.1) is 12.6 Å². The molecule has 0 radical (unpaired) electrons. The van der Waals surface area contributed by atoms with Crippen molar-refractivity contribution in [2.45, 2.75) is 39.0 Å². The number of likely N-dealkylation sites (tertiary alicyclic amines) is 1. The largest absolute Gasteiger partial charge is 0.342 e. The lowest BCUT2D eigenvalue weighted by Gasteiger charge is -2.32. The third-order valence-electron chi connectivity index (χ3n) is 4.17. The molecule has 1 atom stereocenters. The molecule has 21 heavy (non-hydrogen) atoms. The van der Waals surface area contributed by atoms with Gasteiger partial charge in [-0.1, -0.05) is 0 Å². The van der Waals surface area contributed by atoms with Crippen molar-refractivity contribution < 1.29 is 4.79 Å². The summed E-state index contributed by atoms with van der Waals surface area (Å²) in [6, 6.07) is 4.15. The first-order valence-electron chi connectivity index (χ1n) is 7.46. The van der Waals surface area contributed by atoms with Crippen molar-refractivity contribution in [1.82, 2.24) is 15.1 Å². The number of aromatic amines is 1. The zero-order chi connectivity index (χ0) is 14.8. The van der Waals surface area contributed by atoms with Crippen LogP contribution in [-0.2, 0) is 11.2 Å². The summed E-state index contributed by atoms with van der Waals surface area (Å²) in [5.41, 5.74) is 2.39. The van der Waals surface area contributed by atoms with Crippen LogP contribution in [0.25, 0.3) is 0 Å². The van der Waals surface area contributed by atoms with Crippen LogP contribution in [-0.4, -0.2) is 34.1 Å². The minimum atomic E-state index is 0.249. The third-order valence-corrected chi connectivity index (χ3v) is 5.17. The molecule has 0 bridgehead atoms. The summed E-state index contributed by atoms with van der Waals surface area (Å²) >= 11 is 1.72. The van der Waals surface area contributed by atoms with E-state index in [1.807, 2.05) is 11.1 Å². The van der Waals surface area contributed by atoms with E-state index in [4.69, 9.17) is 0 Å². The molecule has 0 spiro atoms. The molecule has 1 N–H and O–H groups in total. The van der Waals surface area contributed by atoms with E-state index in [-0.39, 0.29) is 5.91 Å². The predicted octanol–water partition coefficient (Wildman–Crippen LogP) is 3.04. The molecule has 3 rings (SSSR count). The Morgan fingerprint density at radius 3 is 3.00 bits per heavy atom.